The number of aryl methyl sites for hydroxylation is 1. The molecule has 1 aromatic carbocycles. The minimum Gasteiger partial charge on any atom is -0.369 e. The summed E-state index contributed by atoms with van der Waals surface area (Å²) in [6.45, 7) is 4.82. The molecule has 0 spiro atoms. The Morgan fingerprint density at radius 3 is 2.62 bits per heavy atom. The van der Waals surface area contributed by atoms with Gasteiger partial charge < -0.3 is 5.32 Å². The Balaban J connectivity index is 2.56. The minimum absolute atomic E-state index is 0.332. The molecule has 0 aliphatic carbocycles. The first-order valence-electron chi connectivity index (χ1n) is 6.81. The third kappa shape index (κ3) is 3.92. The molecule has 1 N–H and O–H groups in total. The van der Waals surface area contributed by atoms with Gasteiger partial charge in [0, 0.05) is 17.1 Å². The fourth-order valence-corrected chi connectivity index (χ4v) is 2.73. The number of nitrogens with one attached hydrogen (secondary N) is 1. The fraction of sp³-hybridized carbons (Fsp3) is 0.333. The predicted molar refractivity (Wildman–Crippen MR) is 88.3 cm³/mol. The molecule has 0 saturated carbocycles. The Hall–Kier alpha value is -1.20. The predicted octanol–water partition coefficient (Wildman–Crippen LogP) is 5.08. The third-order valence-electron chi connectivity index (χ3n) is 2.87. The molecule has 3 nitrogen and oxygen atoms in total. The molecule has 112 valence electrons. The van der Waals surface area contributed by atoms with Crippen LogP contribution in [0.1, 0.15) is 26.0 Å². The summed E-state index contributed by atoms with van der Waals surface area (Å²) in [6, 6.07) is 4.32. The van der Waals surface area contributed by atoms with Gasteiger partial charge in [-0.1, -0.05) is 24.9 Å². The van der Waals surface area contributed by atoms with Gasteiger partial charge in [-0.05, 0) is 47.5 Å². The van der Waals surface area contributed by atoms with Crippen LogP contribution in [0.15, 0.2) is 22.7 Å². The van der Waals surface area contributed by atoms with Crippen LogP contribution < -0.4 is 5.32 Å². The highest BCUT2D eigenvalue weighted by atomic mass is 79.9. The number of hydrogen-bond donors (Lipinski definition) is 1. The van der Waals surface area contributed by atoms with E-state index < -0.39 is 5.82 Å². The molecule has 0 bridgehead atoms. The molecule has 0 aliphatic rings. The molecule has 2 aromatic rings. The zero-order valence-corrected chi connectivity index (χ0v) is 14.2. The zero-order valence-electron chi connectivity index (χ0n) is 11.9. The molecule has 21 heavy (non-hydrogen) atoms. The largest absolute Gasteiger partial charge is 0.369 e. The van der Waals surface area contributed by atoms with E-state index in [1.54, 1.807) is 6.07 Å². The van der Waals surface area contributed by atoms with E-state index in [0.717, 1.165) is 29.6 Å². The second-order valence-corrected chi connectivity index (χ2v) is 5.82. The van der Waals surface area contributed by atoms with Gasteiger partial charge in [-0.3, -0.25) is 0 Å². The highest BCUT2D eigenvalue weighted by Gasteiger charge is 2.13. The first-order valence-corrected chi connectivity index (χ1v) is 7.99. The van der Waals surface area contributed by atoms with Gasteiger partial charge in [0.2, 0.25) is 0 Å². The van der Waals surface area contributed by atoms with E-state index in [1.807, 2.05) is 6.92 Å². The van der Waals surface area contributed by atoms with Gasteiger partial charge in [0.05, 0.1) is 10.2 Å². The molecule has 0 fully saturated rings. The zero-order chi connectivity index (χ0) is 15.4. The molecule has 0 saturated heterocycles. The third-order valence-corrected chi connectivity index (χ3v) is 3.92. The molecule has 0 unspecified atom stereocenters. The van der Waals surface area contributed by atoms with Crippen molar-refractivity contribution in [1.82, 2.24) is 9.97 Å². The average Bonchev–Trinajstić information content (AvgIpc) is 2.42. The van der Waals surface area contributed by atoms with Crippen molar-refractivity contribution in [1.29, 1.82) is 0 Å². The number of aromatic nitrogens is 2. The number of halogens is 3. The van der Waals surface area contributed by atoms with Crippen LogP contribution in [0, 0.1) is 5.82 Å². The minimum atomic E-state index is -0.397. The smallest absolute Gasteiger partial charge is 0.161 e. The van der Waals surface area contributed by atoms with Gasteiger partial charge in [-0.15, -0.1) is 0 Å². The number of nitrogens with zero attached hydrogens (tertiary/aromatic N) is 2. The maximum Gasteiger partial charge on any atom is 0.161 e. The maximum absolute atomic E-state index is 13.5. The Morgan fingerprint density at radius 2 is 2.00 bits per heavy atom. The maximum atomic E-state index is 13.5. The van der Waals surface area contributed by atoms with Crippen molar-refractivity contribution in [2.24, 2.45) is 0 Å². The normalized spacial score (nSPS) is 10.7. The molecule has 0 atom stereocenters. The van der Waals surface area contributed by atoms with Crippen molar-refractivity contribution < 1.29 is 4.39 Å². The molecule has 0 aliphatic heterocycles. The molecule has 6 heteroatoms. The lowest BCUT2D eigenvalue weighted by Crippen LogP contribution is -2.06. The Labute approximate surface area is 137 Å². The summed E-state index contributed by atoms with van der Waals surface area (Å²) in [5.74, 6) is 0.788. The first-order chi connectivity index (χ1) is 10.0. The Morgan fingerprint density at radius 1 is 1.24 bits per heavy atom. The summed E-state index contributed by atoms with van der Waals surface area (Å²) < 4.78 is 14.4. The topological polar surface area (TPSA) is 37.8 Å². The quantitative estimate of drug-likeness (QED) is 0.795. The van der Waals surface area contributed by atoms with Gasteiger partial charge in [0.15, 0.2) is 5.82 Å². The van der Waals surface area contributed by atoms with E-state index in [1.165, 1.54) is 12.1 Å². The summed E-state index contributed by atoms with van der Waals surface area (Å²) in [5.41, 5.74) is 1.47. The van der Waals surface area contributed by atoms with Crippen molar-refractivity contribution in [3.63, 3.8) is 0 Å². The van der Waals surface area contributed by atoms with Crippen molar-refractivity contribution in [3.8, 4) is 11.4 Å². The lowest BCUT2D eigenvalue weighted by Gasteiger charge is -2.12. The van der Waals surface area contributed by atoms with Crippen molar-refractivity contribution in [2.45, 2.75) is 26.7 Å². The van der Waals surface area contributed by atoms with Crippen LogP contribution in [0.2, 0.25) is 5.02 Å². The fourth-order valence-electron chi connectivity index (χ4n) is 1.99. The van der Waals surface area contributed by atoms with E-state index in [9.17, 15) is 4.39 Å². The summed E-state index contributed by atoms with van der Waals surface area (Å²) in [5, 5.41) is 3.52. The number of hydrogen-bond acceptors (Lipinski definition) is 3. The van der Waals surface area contributed by atoms with Crippen molar-refractivity contribution in [3.05, 3.63) is 39.2 Å². The van der Waals surface area contributed by atoms with Crippen LogP contribution in [0.4, 0.5) is 10.2 Å². The van der Waals surface area contributed by atoms with Crippen LogP contribution >= 0.6 is 27.5 Å². The van der Waals surface area contributed by atoms with Gasteiger partial charge in [0.1, 0.15) is 11.6 Å². The Kier molecular flexibility index (Phi) is 5.53. The lowest BCUT2D eigenvalue weighted by atomic mass is 10.2. The van der Waals surface area contributed by atoms with Crippen LogP contribution in [0.5, 0.6) is 0 Å². The summed E-state index contributed by atoms with van der Waals surface area (Å²) in [4.78, 5) is 9.00. The molecule has 1 aromatic heterocycles. The highest BCUT2D eigenvalue weighted by molar-refractivity contribution is 9.10. The molecule has 2 rings (SSSR count). The highest BCUT2D eigenvalue weighted by Crippen LogP contribution is 2.29. The van der Waals surface area contributed by atoms with Crippen LogP contribution in [0.25, 0.3) is 11.4 Å². The SMILES string of the molecule is CCCc1nc(-c2cc(F)cc(Cl)c2)nc(NCC)c1Br. The van der Waals surface area contributed by atoms with E-state index in [-0.39, 0.29) is 0 Å². The molecule has 0 amide bonds. The first kappa shape index (κ1) is 16.2. The van der Waals surface area contributed by atoms with Crippen LogP contribution in [-0.2, 0) is 6.42 Å². The van der Waals surface area contributed by atoms with E-state index in [0.29, 0.717) is 22.2 Å². The van der Waals surface area contributed by atoms with Crippen molar-refractivity contribution >= 4 is 33.3 Å². The summed E-state index contributed by atoms with van der Waals surface area (Å²) in [7, 11) is 0. The summed E-state index contributed by atoms with van der Waals surface area (Å²) >= 11 is 9.44. The van der Waals surface area contributed by atoms with Crippen LogP contribution in [-0.4, -0.2) is 16.5 Å². The van der Waals surface area contributed by atoms with Crippen LogP contribution in [0.3, 0.4) is 0 Å². The monoisotopic (exact) mass is 371 g/mol. The lowest BCUT2D eigenvalue weighted by molar-refractivity contribution is 0.628. The molecule has 0 radical (unpaired) electrons. The number of rotatable bonds is 5. The van der Waals surface area contributed by atoms with Gasteiger partial charge in [-0.25, -0.2) is 14.4 Å². The van der Waals surface area contributed by atoms with Gasteiger partial charge in [-0.2, -0.15) is 0 Å². The number of benzene rings is 1. The Bertz CT molecular complexity index is 602. The number of anilines is 1. The van der Waals surface area contributed by atoms with Crippen molar-refractivity contribution in [2.75, 3.05) is 11.9 Å². The standard InChI is InChI=1S/C15H16BrClFN3/c1-3-5-12-13(16)15(19-4-2)21-14(20-12)9-6-10(17)8-11(18)7-9/h6-8H,3-5H2,1-2H3,(H,19,20,21). The second kappa shape index (κ2) is 7.18. The summed E-state index contributed by atoms with van der Waals surface area (Å²) in [6.07, 6.45) is 1.78. The second-order valence-electron chi connectivity index (χ2n) is 4.59. The van der Waals surface area contributed by atoms with E-state index >= 15 is 0 Å². The van der Waals surface area contributed by atoms with E-state index in [2.05, 4.69) is 38.1 Å². The van der Waals surface area contributed by atoms with E-state index in [4.69, 9.17) is 11.6 Å². The molecular formula is C15H16BrClFN3. The van der Waals surface area contributed by atoms with Gasteiger partial charge in [0.25, 0.3) is 0 Å². The van der Waals surface area contributed by atoms with Gasteiger partial charge >= 0.3 is 0 Å². The molecule has 1 heterocycles. The molecular weight excluding hydrogens is 357 g/mol. The average molecular weight is 373 g/mol.